The summed E-state index contributed by atoms with van der Waals surface area (Å²) in [6, 6.07) is 5.23. The van der Waals surface area contributed by atoms with Gasteiger partial charge in [-0.05, 0) is 38.1 Å². The van der Waals surface area contributed by atoms with Gasteiger partial charge in [-0.25, -0.2) is 0 Å². The molecule has 30 heavy (non-hydrogen) atoms. The van der Waals surface area contributed by atoms with E-state index in [1.807, 2.05) is 12.1 Å². The second-order valence-corrected chi connectivity index (χ2v) is 8.76. The first-order chi connectivity index (χ1) is 14.4. The molecular weight excluding hydrogens is 382 g/mol. The van der Waals surface area contributed by atoms with Crippen LogP contribution in [0.25, 0.3) is 0 Å². The smallest absolute Gasteiger partial charge is 0.262 e. The van der Waals surface area contributed by atoms with Gasteiger partial charge in [-0.2, -0.15) is 0 Å². The van der Waals surface area contributed by atoms with Gasteiger partial charge in [0.25, 0.3) is 11.8 Å². The summed E-state index contributed by atoms with van der Waals surface area (Å²) in [5.41, 5.74) is 2.38. The van der Waals surface area contributed by atoms with Gasteiger partial charge in [0, 0.05) is 56.7 Å². The van der Waals surface area contributed by atoms with Gasteiger partial charge in [-0.15, -0.1) is 0 Å². The normalized spacial score (nSPS) is 26.1. The number of benzene rings is 1. The first-order valence-electron chi connectivity index (χ1n) is 10.6. The van der Waals surface area contributed by atoms with Crippen molar-refractivity contribution in [2.45, 2.75) is 24.9 Å². The van der Waals surface area contributed by atoms with Crippen LogP contribution in [0.3, 0.4) is 0 Å². The molecule has 8 heteroatoms. The summed E-state index contributed by atoms with van der Waals surface area (Å²) in [5, 5.41) is 2.67. The number of imide groups is 1. The molecule has 1 N–H and O–H groups in total. The fraction of sp³-hybridized carbons (Fsp3) is 0.500. The van der Waals surface area contributed by atoms with Crippen LogP contribution in [0.2, 0.25) is 0 Å². The van der Waals surface area contributed by atoms with Gasteiger partial charge in [-0.1, -0.05) is 6.58 Å². The second kappa shape index (κ2) is 7.21. The average Bonchev–Trinajstić information content (AvgIpc) is 2.93. The number of carbonyl (C=O) groups is 3. The van der Waals surface area contributed by atoms with E-state index in [0.717, 1.165) is 49.9 Å². The van der Waals surface area contributed by atoms with Crippen LogP contribution in [0.15, 0.2) is 30.5 Å². The molecule has 4 aliphatic rings. The highest BCUT2D eigenvalue weighted by Crippen LogP contribution is 2.33. The Kier molecular flexibility index (Phi) is 4.63. The van der Waals surface area contributed by atoms with Gasteiger partial charge in [0.2, 0.25) is 5.91 Å². The highest BCUT2D eigenvalue weighted by atomic mass is 16.2. The number of amides is 3. The molecule has 0 spiro atoms. The van der Waals surface area contributed by atoms with Crippen LogP contribution in [0.1, 0.15) is 33.6 Å². The molecule has 0 bridgehead atoms. The monoisotopic (exact) mass is 409 g/mol. The maximum absolute atomic E-state index is 13.0. The van der Waals surface area contributed by atoms with Crippen LogP contribution in [0, 0.1) is 0 Å². The fourth-order valence-electron chi connectivity index (χ4n) is 4.82. The maximum Gasteiger partial charge on any atom is 0.262 e. The van der Waals surface area contributed by atoms with Gasteiger partial charge < -0.3 is 15.1 Å². The Morgan fingerprint density at radius 2 is 1.70 bits per heavy atom. The number of rotatable bonds is 3. The molecule has 158 valence electrons. The van der Waals surface area contributed by atoms with Crippen LogP contribution < -0.4 is 10.2 Å². The van der Waals surface area contributed by atoms with Crippen LogP contribution in [-0.2, 0) is 4.79 Å². The number of fused-ring (bicyclic) bond motifs is 1. The van der Waals surface area contributed by atoms with E-state index < -0.39 is 6.04 Å². The Balaban J connectivity index is 1.29. The first kappa shape index (κ1) is 19.3. The number of allylic oxidation sites excluding steroid dienone is 1. The zero-order valence-electron chi connectivity index (χ0n) is 17.3. The number of carbonyl (C=O) groups excluding carboxylic acids is 3. The predicted octanol–water partition coefficient (Wildman–Crippen LogP) is 0.511. The van der Waals surface area contributed by atoms with E-state index in [-0.39, 0.29) is 17.7 Å². The van der Waals surface area contributed by atoms with Gasteiger partial charge in [-0.3, -0.25) is 24.2 Å². The molecule has 1 aromatic rings. The molecule has 1 aromatic carbocycles. The van der Waals surface area contributed by atoms with E-state index in [0.29, 0.717) is 35.7 Å². The van der Waals surface area contributed by atoms with Crippen molar-refractivity contribution >= 4 is 23.4 Å². The van der Waals surface area contributed by atoms with Gasteiger partial charge >= 0.3 is 0 Å². The van der Waals surface area contributed by atoms with Crippen molar-refractivity contribution in [2.24, 2.45) is 0 Å². The molecule has 4 aliphatic heterocycles. The molecular formula is C22H27N5O3. The van der Waals surface area contributed by atoms with Crippen molar-refractivity contribution in [1.82, 2.24) is 20.0 Å². The Morgan fingerprint density at radius 1 is 1.00 bits per heavy atom. The predicted molar refractivity (Wildman–Crippen MR) is 112 cm³/mol. The second-order valence-electron chi connectivity index (χ2n) is 8.76. The molecule has 3 fully saturated rings. The molecule has 0 saturated carbocycles. The topological polar surface area (TPSA) is 76.2 Å². The van der Waals surface area contributed by atoms with Crippen molar-refractivity contribution < 1.29 is 14.4 Å². The van der Waals surface area contributed by atoms with Crippen LogP contribution in [0.5, 0.6) is 0 Å². The van der Waals surface area contributed by atoms with Crippen molar-refractivity contribution in [1.29, 1.82) is 0 Å². The molecule has 1 atom stereocenters. The van der Waals surface area contributed by atoms with E-state index in [1.165, 1.54) is 0 Å². The lowest BCUT2D eigenvalue weighted by molar-refractivity contribution is -0.125. The van der Waals surface area contributed by atoms with E-state index in [2.05, 4.69) is 33.6 Å². The Hall–Kier alpha value is -2.71. The number of anilines is 1. The zero-order chi connectivity index (χ0) is 21.0. The lowest BCUT2D eigenvalue weighted by Gasteiger charge is -2.48. The summed E-state index contributed by atoms with van der Waals surface area (Å²) in [6.45, 7) is 10.0. The molecule has 3 amide bonds. The number of piperazine rings is 1. The molecule has 0 radical (unpaired) electrons. The quantitative estimate of drug-likeness (QED) is 0.734. The summed E-state index contributed by atoms with van der Waals surface area (Å²) in [4.78, 5) is 46.5. The highest BCUT2D eigenvalue weighted by Gasteiger charge is 2.44. The number of piperidine rings is 1. The van der Waals surface area contributed by atoms with E-state index >= 15 is 0 Å². The minimum Gasteiger partial charge on any atom is -0.368 e. The zero-order valence-corrected chi connectivity index (χ0v) is 17.3. The van der Waals surface area contributed by atoms with Crippen LogP contribution in [-0.4, -0.2) is 90.8 Å². The Bertz CT molecular complexity index is 931. The molecule has 4 heterocycles. The molecule has 1 unspecified atom stereocenters. The fourth-order valence-corrected chi connectivity index (χ4v) is 4.82. The Labute approximate surface area is 176 Å². The molecule has 0 aromatic heterocycles. The lowest BCUT2D eigenvalue weighted by Crippen LogP contribution is -2.63. The van der Waals surface area contributed by atoms with Crippen molar-refractivity contribution in [3.63, 3.8) is 0 Å². The third kappa shape index (κ3) is 3.11. The van der Waals surface area contributed by atoms with E-state index in [4.69, 9.17) is 0 Å². The minimum atomic E-state index is -0.767. The van der Waals surface area contributed by atoms with Crippen LogP contribution in [0.4, 0.5) is 5.69 Å². The van der Waals surface area contributed by atoms with Gasteiger partial charge in [0.1, 0.15) is 6.04 Å². The SMILES string of the molecule is C=C1CCC(N2C(=O)c3ccc(N4CC(N5CCN(C)CC5)C4)cc3C2=O)C(=O)N1. The van der Waals surface area contributed by atoms with Gasteiger partial charge in [0.05, 0.1) is 11.1 Å². The van der Waals surface area contributed by atoms with Gasteiger partial charge in [0.15, 0.2) is 0 Å². The third-order valence-corrected chi connectivity index (χ3v) is 6.82. The largest absolute Gasteiger partial charge is 0.368 e. The van der Waals surface area contributed by atoms with E-state index in [1.54, 1.807) is 6.07 Å². The number of nitrogens with one attached hydrogen (secondary N) is 1. The molecule has 8 nitrogen and oxygen atoms in total. The summed E-state index contributed by atoms with van der Waals surface area (Å²) in [5.74, 6) is -1.09. The molecule has 3 saturated heterocycles. The Morgan fingerprint density at radius 3 is 2.40 bits per heavy atom. The minimum absolute atomic E-state index is 0.334. The maximum atomic E-state index is 13.0. The molecule has 5 rings (SSSR count). The van der Waals surface area contributed by atoms with Crippen molar-refractivity contribution in [3.8, 4) is 0 Å². The highest BCUT2D eigenvalue weighted by molar-refractivity contribution is 6.23. The summed E-state index contributed by atoms with van der Waals surface area (Å²) in [6.07, 6.45) is 0.984. The van der Waals surface area contributed by atoms with Crippen molar-refractivity contribution in [3.05, 3.63) is 41.6 Å². The third-order valence-electron chi connectivity index (χ3n) is 6.82. The average molecular weight is 409 g/mol. The van der Waals surface area contributed by atoms with E-state index in [9.17, 15) is 14.4 Å². The standard InChI is InChI=1S/C22H27N5O3/c1-14-3-6-19(20(28)23-14)27-21(29)17-5-4-15(11-18(17)22(27)30)26-12-16(13-26)25-9-7-24(2)8-10-25/h4-5,11,16,19H,1,3,6-10,12-13H2,2H3,(H,23,28). The number of likely N-dealkylation sites (N-methyl/N-ethyl adjacent to an activating group) is 1. The van der Waals surface area contributed by atoms with Crippen molar-refractivity contribution in [2.75, 3.05) is 51.2 Å². The number of hydrogen-bond donors (Lipinski definition) is 1. The summed E-state index contributed by atoms with van der Waals surface area (Å²) in [7, 11) is 2.16. The number of hydrogen-bond acceptors (Lipinski definition) is 6. The van der Waals surface area contributed by atoms with Crippen LogP contribution >= 0.6 is 0 Å². The summed E-state index contributed by atoms with van der Waals surface area (Å²) < 4.78 is 0. The molecule has 0 aliphatic carbocycles. The first-order valence-corrected chi connectivity index (χ1v) is 10.6. The lowest BCUT2D eigenvalue weighted by atomic mass is 10.0. The summed E-state index contributed by atoms with van der Waals surface area (Å²) >= 11 is 0. The number of nitrogens with zero attached hydrogens (tertiary/aromatic N) is 4.